The Kier molecular flexibility index (Phi) is 6.63. The number of hydrogen-bond acceptors (Lipinski definition) is 4. The average molecular weight is 436 g/mol. The van der Waals surface area contributed by atoms with E-state index in [9.17, 15) is 9.59 Å². The highest BCUT2D eigenvalue weighted by Gasteiger charge is 2.29. The summed E-state index contributed by atoms with van der Waals surface area (Å²) in [5.41, 5.74) is 2.57. The maximum Gasteiger partial charge on any atom is 0.270 e. The molecule has 1 unspecified atom stereocenters. The third kappa shape index (κ3) is 4.72. The number of likely N-dealkylation sites (tertiary alicyclic amines) is 1. The predicted octanol–water partition coefficient (Wildman–Crippen LogP) is 3.40. The van der Waals surface area contributed by atoms with Crippen molar-refractivity contribution in [3.63, 3.8) is 0 Å². The van der Waals surface area contributed by atoms with Crippen molar-refractivity contribution in [2.24, 2.45) is 5.92 Å². The molecule has 7 heteroatoms. The SMILES string of the molecule is COc1ccc(CCNC(=O)C2CCCN(C(=O)c3cc4ccccc4[nH]3)C2)cc1OC. The fourth-order valence-electron chi connectivity index (χ4n) is 4.25. The number of para-hydroxylation sites is 1. The van der Waals surface area contributed by atoms with Crippen LogP contribution in [0.4, 0.5) is 0 Å². The van der Waals surface area contributed by atoms with Crippen molar-refractivity contribution >= 4 is 22.7 Å². The quantitative estimate of drug-likeness (QED) is 0.596. The van der Waals surface area contributed by atoms with Crippen LogP contribution in [0.5, 0.6) is 11.5 Å². The number of ether oxygens (including phenoxy) is 2. The normalized spacial score (nSPS) is 16.1. The zero-order chi connectivity index (χ0) is 22.5. The number of aromatic nitrogens is 1. The predicted molar refractivity (Wildman–Crippen MR) is 123 cm³/mol. The van der Waals surface area contributed by atoms with Gasteiger partial charge in [0, 0.05) is 30.5 Å². The summed E-state index contributed by atoms with van der Waals surface area (Å²) in [6, 6.07) is 15.5. The molecular formula is C25H29N3O4. The number of fused-ring (bicyclic) bond motifs is 1. The molecule has 1 fully saturated rings. The van der Waals surface area contributed by atoms with Gasteiger partial charge in [-0.05, 0) is 49.1 Å². The molecule has 1 aromatic heterocycles. The second-order valence-corrected chi connectivity index (χ2v) is 8.09. The molecule has 7 nitrogen and oxygen atoms in total. The molecule has 168 valence electrons. The van der Waals surface area contributed by atoms with E-state index in [0.29, 0.717) is 43.2 Å². The fourth-order valence-corrected chi connectivity index (χ4v) is 4.25. The van der Waals surface area contributed by atoms with E-state index < -0.39 is 0 Å². The van der Waals surface area contributed by atoms with Crippen molar-refractivity contribution < 1.29 is 19.1 Å². The third-order valence-electron chi connectivity index (χ3n) is 6.00. The number of amides is 2. The number of carbonyl (C=O) groups is 2. The summed E-state index contributed by atoms with van der Waals surface area (Å²) in [4.78, 5) is 30.7. The van der Waals surface area contributed by atoms with Crippen LogP contribution in [0.3, 0.4) is 0 Å². The molecule has 1 saturated heterocycles. The Hall–Kier alpha value is -3.48. The number of carbonyl (C=O) groups excluding carboxylic acids is 2. The second-order valence-electron chi connectivity index (χ2n) is 8.09. The molecule has 2 aromatic carbocycles. The average Bonchev–Trinajstić information content (AvgIpc) is 3.27. The molecule has 2 amide bonds. The van der Waals surface area contributed by atoms with Gasteiger partial charge in [0.1, 0.15) is 5.69 Å². The minimum Gasteiger partial charge on any atom is -0.493 e. The van der Waals surface area contributed by atoms with Gasteiger partial charge in [-0.1, -0.05) is 24.3 Å². The molecule has 3 aromatic rings. The minimum absolute atomic E-state index is 0.000349. The Morgan fingerprint density at radius 3 is 2.69 bits per heavy atom. The van der Waals surface area contributed by atoms with Crippen LogP contribution < -0.4 is 14.8 Å². The van der Waals surface area contributed by atoms with Crippen LogP contribution in [0, 0.1) is 5.92 Å². The number of H-pyrrole nitrogens is 1. The lowest BCUT2D eigenvalue weighted by Gasteiger charge is -2.31. The first-order chi connectivity index (χ1) is 15.6. The van der Waals surface area contributed by atoms with Gasteiger partial charge in [0.05, 0.1) is 20.1 Å². The summed E-state index contributed by atoms with van der Waals surface area (Å²) >= 11 is 0. The van der Waals surface area contributed by atoms with E-state index in [-0.39, 0.29) is 17.7 Å². The largest absolute Gasteiger partial charge is 0.493 e. The van der Waals surface area contributed by atoms with Crippen LogP contribution >= 0.6 is 0 Å². The molecular weight excluding hydrogens is 406 g/mol. The van der Waals surface area contributed by atoms with Crippen molar-refractivity contribution in [3.8, 4) is 11.5 Å². The summed E-state index contributed by atoms with van der Waals surface area (Å²) in [6.45, 7) is 1.64. The number of nitrogens with zero attached hydrogens (tertiary/aromatic N) is 1. The number of aromatic amines is 1. The van der Waals surface area contributed by atoms with Gasteiger partial charge in [-0.2, -0.15) is 0 Å². The molecule has 0 saturated carbocycles. The van der Waals surface area contributed by atoms with Crippen molar-refractivity contribution in [2.45, 2.75) is 19.3 Å². The number of rotatable bonds is 7. The van der Waals surface area contributed by atoms with Crippen LogP contribution in [-0.4, -0.2) is 55.6 Å². The molecule has 1 atom stereocenters. The Morgan fingerprint density at radius 1 is 1.09 bits per heavy atom. The smallest absolute Gasteiger partial charge is 0.270 e. The van der Waals surface area contributed by atoms with Crippen LogP contribution in [0.25, 0.3) is 10.9 Å². The molecule has 0 spiro atoms. The van der Waals surface area contributed by atoms with Gasteiger partial charge >= 0.3 is 0 Å². The van der Waals surface area contributed by atoms with E-state index >= 15 is 0 Å². The van der Waals surface area contributed by atoms with Crippen molar-refractivity contribution in [1.29, 1.82) is 0 Å². The van der Waals surface area contributed by atoms with Crippen LogP contribution in [0.2, 0.25) is 0 Å². The number of methoxy groups -OCH3 is 2. The lowest BCUT2D eigenvalue weighted by atomic mass is 9.96. The summed E-state index contributed by atoms with van der Waals surface area (Å²) < 4.78 is 10.6. The first-order valence-corrected chi connectivity index (χ1v) is 10.9. The number of nitrogens with one attached hydrogen (secondary N) is 2. The first kappa shape index (κ1) is 21.7. The molecule has 1 aliphatic rings. The molecule has 32 heavy (non-hydrogen) atoms. The van der Waals surface area contributed by atoms with Crippen molar-refractivity contribution in [1.82, 2.24) is 15.2 Å². The van der Waals surface area contributed by atoms with Crippen LogP contribution in [-0.2, 0) is 11.2 Å². The maximum atomic E-state index is 13.0. The molecule has 0 aliphatic carbocycles. The molecule has 0 bridgehead atoms. The standard InChI is InChI=1S/C25H29N3O4/c1-31-22-10-9-17(14-23(22)32-2)11-12-26-24(29)19-7-5-13-28(16-19)25(30)21-15-18-6-3-4-8-20(18)27-21/h3-4,6,8-10,14-15,19,27H,5,7,11-13,16H2,1-2H3,(H,26,29). The van der Waals surface area contributed by atoms with E-state index in [1.165, 1.54) is 0 Å². The summed E-state index contributed by atoms with van der Waals surface area (Å²) in [6.07, 6.45) is 2.30. The van der Waals surface area contributed by atoms with Crippen LogP contribution in [0.1, 0.15) is 28.9 Å². The van der Waals surface area contributed by atoms with E-state index in [4.69, 9.17) is 9.47 Å². The van der Waals surface area contributed by atoms with Crippen LogP contribution in [0.15, 0.2) is 48.5 Å². The summed E-state index contributed by atoms with van der Waals surface area (Å²) in [5, 5.41) is 4.04. The van der Waals surface area contributed by atoms with E-state index in [1.807, 2.05) is 48.5 Å². The number of hydrogen-bond donors (Lipinski definition) is 2. The van der Waals surface area contributed by atoms with E-state index in [2.05, 4.69) is 10.3 Å². The van der Waals surface area contributed by atoms with E-state index in [0.717, 1.165) is 29.3 Å². The van der Waals surface area contributed by atoms with Gasteiger partial charge in [0.2, 0.25) is 5.91 Å². The van der Waals surface area contributed by atoms with Gasteiger partial charge in [-0.3, -0.25) is 9.59 Å². The minimum atomic E-state index is -0.192. The third-order valence-corrected chi connectivity index (χ3v) is 6.00. The van der Waals surface area contributed by atoms with Gasteiger partial charge in [-0.15, -0.1) is 0 Å². The molecule has 4 rings (SSSR count). The van der Waals surface area contributed by atoms with Crippen molar-refractivity contribution in [3.05, 3.63) is 59.8 Å². The van der Waals surface area contributed by atoms with Gasteiger partial charge in [0.15, 0.2) is 11.5 Å². The monoisotopic (exact) mass is 435 g/mol. The number of benzene rings is 2. The highest BCUT2D eigenvalue weighted by molar-refractivity contribution is 5.98. The Balaban J connectivity index is 1.32. The Morgan fingerprint density at radius 2 is 1.91 bits per heavy atom. The molecule has 2 N–H and O–H groups in total. The summed E-state index contributed by atoms with van der Waals surface area (Å²) in [7, 11) is 3.21. The summed E-state index contributed by atoms with van der Waals surface area (Å²) in [5.74, 6) is 1.11. The highest BCUT2D eigenvalue weighted by atomic mass is 16.5. The highest BCUT2D eigenvalue weighted by Crippen LogP contribution is 2.27. The van der Waals surface area contributed by atoms with Crippen molar-refractivity contribution in [2.75, 3.05) is 33.9 Å². The number of piperidine rings is 1. The first-order valence-electron chi connectivity index (χ1n) is 10.9. The second kappa shape index (κ2) is 9.77. The van der Waals surface area contributed by atoms with Gasteiger partial charge in [0.25, 0.3) is 5.91 Å². The lowest BCUT2D eigenvalue weighted by Crippen LogP contribution is -2.45. The Labute approximate surface area is 187 Å². The molecule has 1 aliphatic heterocycles. The topological polar surface area (TPSA) is 83.7 Å². The molecule has 2 heterocycles. The Bertz CT molecular complexity index is 1070. The molecule has 0 radical (unpaired) electrons. The zero-order valence-electron chi connectivity index (χ0n) is 18.5. The fraction of sp³-hybridized carbons (Fsp3) is 0.360. The lowest BCUT2D eigenvalue weighted by molar-refractivity contribution is -0.126. The van der Waals surface area contributed by atoms with Gasteiger partial charge in [-0.25, -0.2) is 0 Å². The van der Waals surface area contributed by atoms with Gasteiger partial charge < -0.3 is 24.7 Å². The maximum absolute atomic E-state index is 13.0. The van der Waals surface area contributed by atoms with E-state index in [1.54, 1.807) is 19.1 Å². The zero-order valence-corrected chi connectivity index (χ0v) is 18.5.